The number of esters is 2. The first-order chi connectivity index (χ1) is 16.8. The van der Waals surface area contributed by atoms with Crippen molar-refractivity contribution in [3.05, 3.63) is 0 Å². The first kappa shape index (κ1) is 34.0. The maximum Gasteiger partial charge on any atom is 0.469 e. The smallest absolute Gasteiger partial charge is 0.462 e. The van der Waals surface area contributed by atoms with Gasteiger partial charge in [-0.2, -0.15) is 0 Å². The second-order valence-electron chi connectivity index (χ2n) is 9.34. The molecule has 0 amide bonds. The van der Waals surface area contributed by atoms with E-state index < -0.39 is 32.5 Å². The Hall–Kier alpha value is -0.950. The largest absolute Gasteiger partial charge is 0.469 e. The van der Waals surface area contributed by atoms with Gasteiger partial charge >= 0.3 is 19.8 Å². The fourth-order valence-corrected chi connectivity index (χ4v) is 4.18. The molecule has 0 spiro atoms. The van der Waals surface area contributed by atoms with E-state index in [2.05, 4.69) is 11.4 Å². The van der Waals surface area contributed by atoms with Crippen molar-refractivity contribution in [1.82, 2.24) is 0 Å². The van der Waals surface area contributed by atoms with E-state index in [0.29, 0.717) is 6.42 Å². The van der Waals surface area contributed by atoms with Gasteiger partial charge in [0.25, 0.3) is 0 Å². The third-order valence-corrected chi connectivity index (χ3v) is 6.42. The molecule has 0 rings (SSSR count). The number of phosphoric acid groups is 1. The highest BCUT2D eigenvalue weighted by Crippen LogP contribution is 2.35. The molecule has 1 atom stereocenters. The molecule has 208 valence electrons. The highest BCUT2D eigenvalue weighted by molar-refractivity contribution is 7.46. The van der Waals surface area contributed by atoms with Gasteiger partial charge in [-0.15, -0.1) is 0 Å². The van der Waals surface area contributed by atoms with Gasteiger partial charge in [0.2, 0.25) is 0 Å². The summed E-state index contributed by atoms with van der Waals surface area (Å²) in [5, 5.41) is 0. The second kappa shape index (κ2) is 23.4. The minimum atomic E-state index is -4.70. The number of hydrogen-bond donors (Lipinski definition) is 2. The van der Waals surface area contributed by atoms with Gasteiger partial charge in [0.1, 0.15) is 6.61 Å². The minimum absolute atomic E-state index is 0.152. The van der Waals surface area contributed by atoms with Crippen LogP contribution in [0.2, 0.25) is 0 Å². The van der Waals surface area contributed by atoms with Crippen molar-refractivity contribution in [2.75, 3.05) is 13.2 Å². The van der Waals surface area contributed by atoms with Crippen LogP contribution in [0.3, 0.4) is 0 Å². The van der Waals surface area contributed by atoms with E-state index in [-0.39, 0.29) is 19.4 Å². The molecule has 0 aliphatic rings. The zero-order chi connectivity index (χ0) is 26.2. The normalized spacial score (nSPS) is 12.5. The minimum Gasteiger partial charge on any atom is -0.462 e. The van der Waals surface area contributed by atoms with Gasteiger partial charge in [-0.25, -0.2) is 4.57 Å². The molecule has 0 saturated heterocycles. The van der Waals surface area contributed by atoms with Gasteiger partial charge in [0.15, 0.2) is 6.10 Å². The lowest BCUT2D eigenvalue weighted by atomic mass is 10.0. The maximum atomic E-state index is 12.0. The predicted molar refractivity (Wildman–Crippen MR) is 138 cm³/mol. The van der Waals surface area contributed by atoms with E-state index >= 15 is 0 Å². The van der Waals surface area contributed by atoms with Crippen LogP contribution in [0.5, 0.6) is 0 Å². The summed E-state index contributed by atoms with van der Waals surface area (Å²) in [6.07, 6.45) is 20.7. The van der Waals surface area contributed by atoms with Crippen LogP contribution in [0, 0.1) is 0 Å². The van der Waals surface area contributed by atoms with Crippen molar-refractivity contribution in [3.8, 4) is 0 Å². The molecule has 0 aromatic heterocycles. The van der Waals surface area contributed by atoms with Crippen LogP contribution >= 0.6 is 7.82 Å². The average Bonchev–Trinajstić information content (AvgIpc) is 2.81. The number of carbonyl (C=O) groups excluding carboxylic acids is 2. The predicted octanol–water partition coefficient (Wildman–Crippen LogP) is 7.00. The number of ether oxygens (including phenoxy) is 2. The lowest BCUT2D eigenvalue weighted by Gasteiger charge is -2.18. The van der Waals surface area contributed by atoms with Crippen molar-refractivity contribution < 1.29 is 37.9 Å². The average molecular weight is 523 g/mol. The van der Waals surface area contributed by atoms with Crippen LogP contribution in [-0.4, -0.2) is 41.0 Å². The van der Waals surface area contributed by atoms with Crippen LogP contribution < -0.4 is 0 Å². The Kier molecular flexibility index (Phi) is 22.8. The van der Waals surface area contributed by atoms with Gasteiger partial charge in [0.05, 0.1) is 6.61 Å². The molecule has 2 N–H and O–H groups in total. The van der Waals surface area contributed by atoms with Crippen molar-refractivity contribution in [1.29, 1.82) is 0 Å². The van der Waals surface area contributed by atoms with E-state index in [1.807, 2.05) is 0 Å². The van der Waals surface area contributed by atoms with E-state index in [4.69, 9.17) is 19.3 Å². The molecule has 0 aromatic carbocycles. The molecule has 0 fully saturated rings. The Morgan fingerprint density at radius 3 is 1.49 bits per heavy atom. The summed E-state index contributed by atoms with van der Waals surface area (Å²) in [6.45, 7) is 3.05. The molecule has 0 bridgehead atoms. The summed E-state index contributed by atoms with van der Waals surface area (Å²) in [7, 11) is -4.70. The number of rotatable bonds is 25. The molecule has 0 heterocycles. The number of carbonyl (C=O) groups is 2. The van der Waals surface area contributed by atoms with Gasteiger partial charge in [0, 0.05) is 12.8 Å². The Bertz CT molecular complexity index is 564. The third-order valence-electron chi connectivity index (χ3n) is 5.93. The summed E-state index contributed by atoms with van der Waals surface area (Å²) in [5.41, 5.74) is 0. The molecule has 9 heteroatoms. The monoisotopic (exact) mass is 522 g/mol. The highest BCUT2D eigenvalue weighted by atomic mass is 31.2. The van der Waals surface area contributed by atoms with Crippen LogP contribution in [0.15, 0.2) is 0 Å². The Morgan fingerprint density at radius 1 is 0.657 bits per heavy atom. The summed E-state index contributed by atoms with van der Waals surface area (Å²) < 4.78 is 25.4. The van der Waals surface area contributed by atoms with Crippen molar-refractivity contribution >= 4 is 19.8 Å². The van der Waals surface area contributed by atoms with E-state index in [9.17, 15) is 14.2 Å². The van der Waals surface area contributed by atoms with Crippen LogP contribution in [-0.2, 0) is 28.2 Å². The maximum absolute atomic E-state index is 12.0. The molecule has 0 saturated carbocycles. The zero-order valence-electron chi connectivity index (χ0n) is 22.2. The van der Waals surface area contributed by atoms with Gasteiger partial charge in [-0.05, 0) is 6.42 Å². The van der Waals surface area contributed by atoms with Crippen LogP contribution in [0.1, 0.15) is 136 Å². The quantitative estimate of drug-likeness (QED) is 0.0747. The lowest BCUT2D eigenvalue weighted by molar-refractivity contribution is -0.161. The van der Waals surface area contributed by atoms with Crippen molar-refractivity contribution in [2.45, 2.75) is 142 Å². The third kappa shape index (κ3) is 25.9. The molecule has 0 aliphatic heterocycles. The molecular formula is C26H51O8P. The SMILES string of the molecule is CCCCCCCCCCCCCCCCCCCC(=O)OC(COC(=O)CC)COP(=O)(O)O. The van der Waals surface area contributed by atoms with E-state index in [0.717, 1.165) is 12.8 Å². The molecule has 0 aromatic rings. The Morgan fingerprint density at radius 2 is 1.09 bits per heavy atom. The van der Waals surface area contributed by atoms with Crippen molar-refractivity contribution in [2.24, 2.45) is 0 Å². The zero-order valence-corrected chi connectivity index (χ0v) is 23.1. The van der Waals surface area contributed by atoms with Crippen LogP contribution in [0.4, 0.5) is 0 Å². The van der Waals surface area contributed by atoms with Crippen LogP contribution in [0.25, 0.3) is 0 Å². The lowest BCUT2D eigenvalue weighted by Crippen LogP contribution is -2.29. The number of phosphoric ester groups is 1. The van der Waals surface area contributed by atoms with E-state index in [1.165, 1.54) is 89.9 Å². The number of hydrogen-bond acceptors (Lipinski definition) is 6. The summed E-state index contributed by atoms with van der Waals surface area (Å²) in [6, 6.07) is 0. The highest BCUT2D eigenvalue weighted by Gasteiger charge is 2.22. The first-order valence-electron chi connectivity index (χ1n) is 13.8. The fraction of sp³-hybridized carbons (Fsp3) is 0.923. The van der Waals surface area contributed by atoms with Gasteiger partial charge in [-0.3, -0.25) is 14.1 Å². The number of unbranched alkanes of at least 4 members (excludes halogenated alkanes) is 16. The molecule has 0 aliphatic carbocycles. The summed E-state index contributed by atoms with van der Waals surface area (Å²) >= 11 is 0. The molecular weight excluding hydrogens is 471 g/mol. The second-order valence-corrected chi connectivity index (χ2v) is 10.6. The summed E-state index contributed by atoms with van der Waals surface area (Å²) in [5.74, 6) is -0.979. The van der Waals surface area contributed by atoms with Gasteiger partial charge < -0.3 is 19.3 Å². The first-order valence-corrected chi connectivity index (χ1v) is 15.4. The Labute approximate surface area is 213 Å². The Balaban J connectivity index is 3.66. The topological polar surface area (TPSA) is 119 Å². The molecule has 0 radical (unpaired) electrons. The summed E-state index contributed by atoms with van der Waals surface area (Å²) in [4.78, 5) is 41.0. The standard InChI is InChI=1S/C26H51O8P/c1-3-5-6-7-8-9-10-11-12-13-14-15-16-17-18-19-20-21-26(28)34-24(22-32-25(27)4-2)23-33-35(29,30)31/h24H,3-23H2,1-2H3,(H2,29,30,31). The molecule has 1 unspecified atom stereocenters. The van der Waals surface area contributed by atoms with Crippen molar-refractivity contribution in [3.63, 3.8) is 0 Å². The molecule has 35 heavy (non-hydrogen) atoms. The fourth-order valence-electron chi connectivity index (χ4n) is 3.82. The molecule has 8 nitrogen and oxygen atoms in total. The van der Waals surface area contributed by atoms with Gasteiger partial charge in [-0.1, -0.05) is 117 Å². The van der Waals surface area contributed by atoms with E-state index in [1.54, 1.807) is 6.92 Å².